The zero-order chi connectivity index (χ0) is 28.3. The molecule has 0 spiro atoms. The third-order valence-corrected chi connectivity index (χ3v) is 8.75. The van der Waals surface area contributed by atoms with E-state index in [9.17, 15) is 22.3 Å². The number of nitrogens with zero attached hydrogens (tertiary/aromatic N) is 4. The van der Waals surface area contributed by atoms with Crippen molar-refractivity contribution >= 4 is 33.2 Å². The smallest absolute Gasteiger partial charge is 0.243 e. The fraction of sp³-hybridized carbons (Fsp3) is 0.250. The minimum Gasteiger partial charge on any atom is -0.392 e. The van der Waals surface area contributed by atoms with E-state index < -0.39 is 22.4 Å². The van der Waals surface area contributed by atoms with E-state index >= 15 is 0 Å². The van der Waals surface area contributed by atoms with Gasteiger partial charge in [-0.1, -0.05) is 0 Å². The number of aromatic nitrogens is 3. The number of aryl methyl sites for hydroxylation is 1. The molecule has 40 heavy (non-hydrogen) atoms. The summed E-state index contributed by atoms with van der Waals surface area (Å²) in [5.74, 6) is -0.230. The van der Waals surface area contributed by atoms with Crippen molar-refractivity contribution in [2.75, 3.05) is 23.7 Å². The fourth-order valence-electron chi connectivity index (χ4n) is 4.63. The molecule has 2 aromatic carbocycles. The summed E-state index contributed by atoms with van der Waals surface area (Å²) < 4.78 is 56.1. The summed E-state index contributed by atoms with van der Waals surface area (Å²) >= 11 is 0. The lowest BCUT2D eigenvalue weighted by Gasteiger charge is -2.31. The number of benzene rings is 2. The van der Waals surface area contributed by atoms with Crippen LogP contribution in [0.25, 0.3) is 0 Å². The highest BCUT2D eigenvalue weighted by molar-refractivity contribution is 7.89. The predicted octanol–water partition coefficient (Wildman–Crippen LogP) is 5.01. The monoisotopic (exact) mass is 566 g/mol. The Morgan fingerprint density at radius 1 is 0.950 bits per heavy atom. The van der Waals surface area contributed by atoms with Crippen LogP contribution in [0.15, 0.2) is 71.9 Å². The third kappa shape index (κ3) is 5.93. The molecule has 1 aliphatic rings. The Hall–Kier alpha value is -4.00. The zero-order valence-corrected chi connectivity index (χ0v) is 22.5. The molecule has 3 N–H and O–H groups in total. The van der Waals surface area contributed by atoms with Gasteiger partial charge in [-0.25, -0.2) is 22.2 Å². The number of rotatable bonds is 8. The van der Waals surface area contributed by atoms with Gasteiger partial charge in [0.05, 0.1) is 17.2 Å². The summed E-state index contributed by atoms with van der Waals surface area (Å²) in [6.45, 7) is 1.73. The molecule has 1 saturated heterocycles. The first-order valence-corrected chi connectivity index (χ1v) is 14.2. The molecule has 5 rings (SSSR count). The first kappa shape index (κ1) is 27.6. The number of nitrogens with one attached hydrogen (secondary N) is 2. The summed E-state index contributed by atoms with van der Waals surface area (Å²) in [6, 6.07) is 14.1. The van der Waals surface area contributed by atoms with Crippen LogP contribution >= 0.6 is 0 Å². The van der Waals surface area contributed by atoms with Gasteiger partial charge in [0, 0.05) is 48.3 Å². The number of hydrogen-bond acceptors (Lipinski definition) is 8. The summed E-state index contributed by atoms with van der Waals surface area (Å²) in [4.78, 5) is 12.9. The highest BCUT2D eigenvalue weighted by Crippen LogP contribution is 2.32. The van der Waals surface area contributed by atoms with Crippen molar-refractivity contribution < 1.29 is 22.3 Å². The number of pyridine rings is 1. The van der Waals surface area contributed by atoms with Gasteiger partial charge in [-0.05, 0) is 79.9 Å². The van der Waals surface area contributed by atoms with E-state index in [1.54, 1.807) is 43.5 Å². The lowest BCUT2D eigenvalue weighted by atomic mass is 9.93. The van der Waals surface area contributed by atoms with Crippen molar-refractivity contribution in [3.05, 3.63) is 95.4 Å². The highest BCUT2D eigenvalue weighted by Gasteiger charge is 2.31. The SMILES string of the molecule is Cc1cc(Nc2ccnc(Nc3ccc(S(=O)(=O)N4CCC(c5nccc(CO)c5F)CC4)cc3)n2)ccc1F. The maximum atomic E-state index is 14.6. The molecular formula is C28H28F2N6O3S. The summed E-state index contributed by atoms with van der Waals surface area (Å²) in [5.41, 5.74) is 2.24. The van der Waals surface area contributed by atoms with Crippen molar-refractivity contribution in [2.45, 2.75) is 37.2 Å². The Kier molecular flexibility index (Phi) is 8.01. The first-order valence-electron chi connectivity index (χ1n) is 12.7. The normalized spacial score (nSPS) is 14.7. The molecule has 2 aromatic heterocycles. The lowest BCUT2D eigenvalue weighted by molar-refractivity contribution is 0.272. The number of aliphatic hydroxyl groups excluding tert-OH is 1. The molecule has 208 valence electrons. The van der Waals surface area contributed by atoms with Crippen LogP contribution in [0.1, 0.15) is 35.6 Å². The Morgan fingerprint density at radius 3 is 2.35 bits per heavy atom. The van der Waals surface area contributed by atoms with Crippen LogP contribution < -0.4 is 10.6 Å². The van der Waals surface area contributed by atoms with Crippen LogP contribution in [0, 0.1) is 18.6 Å². The molecule has 3 heterocycles. The van der Waals surface area contributed by atoms with E-state index in [2.05, 4.69) is 25.6 Å². The number of hydrogen-bond donors (Lipinski definition) is 3. The average Bonchev–Trinajstić information content (AvgIpc) is 2.96. The molecule has 12 heteroatoms. The van der Waals surface area contributed by atoms with Crippen LogP contribution in [0.4, 0.5) is 31.9 Å². The Balaban J connectivity index is 1.22. The van der Waals surface area contributed by atoms with Crippen molar-refractivity contribution in [2.24, 2.45) is 0 Å². The summed E-state index contributed by atoms with van der Waals surface area (Å²) in [7, 11) is -3.74. The Labute approximate surface area is 231 Å². The standard InChI is InChI=1S/C28H28F2N6O3S/c1-18-16-22(4-7-24(18)29)33-25-9-13-32-28(35-25)34-21-2-5-23(6-3-21)40(38,39)36-14-10-19(11-15-36)27-26(30)20(17-37)8-12-31-27/h2-9,12-13,16,19,37H,10-11,14-15,17H2,1H3,(H2,32,33,34,35). The van der Waals surface area contributed by atoms with E-state index in [1.165, 1.54) is 34.8 Å². The molecule has 1 fully saturated rings. The van der Waals surface area contributed by atoms with Gasteiger partial charge in [-0.15, -0.1) is 0 Å². The van der Waals surface area contributed by atoms with Gasteiger partial charge in [-0.2, -0.15) is 9.29 Å². The van der Waals surface area contributed by atoms with Gasteiger partial charge >= 0.3 is 0 Å². The van der Waals surface area contributed by atoms with E-state index in [0.717, 1.165) is 0 Å². The molecule has 0 amide bonds. The van der Waals surface area contributed by atoms with Gasteiger partial charge in [-0.3, -0.25) is 4.98 Å². The van der Waals surface area contributed by atoms with Crippen molar-refractivity contribution in [3.63, 3.8) is 0 Å². The van der Waals surface area contributed by atoms with E-state index in [-0.39, 0.29) is 41.0 Å². The third-order valence-electron chi connectivity index (χ3n) is 6.84. The largest absolute Gasteiger partial charge is 0.392 e. The van der Waals surface area contributed by atoms with E-state index in [4.69, 9.17) is 0 Å². The van der Waals surface area contributed by atoms with Crippen molar-refractivity contribution in [1.82, 2.24) is 19.3 Å². The van der Waals surface area contributed by atoms with Crippen LogP contribution in [0.2, 0.25) is 0 Å². The second-order valence-electron chi connectivity index (χ2n) is 9.51. The van der Waals surface area contributed by atoms with Crippen LogP contribution in [-0.4, -0.2) is 45.9 Å². The molecule has 0 saturated carbocycles. The molecule has 0 unspecified atom stereocenters. The van der Waals surface area contributed by atoms with E-state index in [1.807, 2.05) is 0 Å². The Bertz CT molecular complexity index is 1610. The quantitative estimate of drug-likeness (QED) is 0.272. The minimum absolute atomic E-state index is 0.145. The van der Waals surface area contributed by atoms with Crippen molar-refractivity contribution in [3.8, 4) is 0 Å². The van der Waals surface area contributed by atoms with Gasteiger partial charge in [0.2, 0.25) is 16.0 Å². The maximum Gasteiger partial charge on any atom is 0.243 e. The number of aliphatic hydroxyl groups is 1. The second-order valence-corrected chi connectivity index (χ2v) is 11.4. The minimum atomic E-state index is -3.74. The maximum absolute atomic E-state index is 14.6. The predicted molar refractivity (Wildman–Crippen MR) is 147 cm³/mol. The Morgan fingerprint density at radius 2 is 1.65 bits per heavy atom. The first-order chi connectivity index (χ1) is 19.2. The van der Waals surface area contributed by atoms with Crippen LogP contribution in [0.3, 0.4) is 0 Å². The molecular weight excluding hydrogens is 538 g/mol. The zero-order valence-electron chi connectivity index (χ0n) is 21.7. The van der Waals surface area contributed by atoms with Crippen LogP contribution in [0.5, 0.6) is 0 Å². The summed E-state index contributed by atoms with van der Waals surface area (Å²) in [6.07, 6.45) is 3.89. The fourth-order valence-corrected chi connectivity index (χ4v) is 6.10. The molecule has 0 aliphatic carbocycles. The molecule has 0 radical (unpaired) electrons. The van der Waals surface area contributed by atoms with Crippen molar-refractivity contribution in [1.29, 1.82) is 0 Å². The number of anilines is 4. The molecule has 1 aliphatic heterocycles. The van der Waals surface area contributed by atoms with Gasteiger partial charge in [0.25, 0.3) is 0 Å². The second kappa shape index (κ2) is 11.6. The van der Waals surface area contributed by atoms with Crippen LogP contribution in [-0.2, 0) is 16.6 Å². The molecule has 0 atom stereocenters. The summed E-state index contributed by atoms with van der Waals surface area (Å²) in [5, 5.41) is 15.5. The highest BCUT2D eigenvalue weighted by atomic mass is 32.2. The van der Waals surface area contributed by atoms with Gasteiger partial charge in [0.1, 0.15) is 17.5 Å². The topological polar surface area (TPSA) is 120 Å². The lowest BCUT2D eigenvalue weighted by Crippen LogP contribution is -2.38. The van der Waals surface area contributed by atoms with Gasteiger partial charge in [0.15, 0.2) is 0 Å². The molecule has 9 nitrogen and oxygen atoms in total. The van der Waals surface area contributed by atoms with E-state index in [0.29, 0.717) is 41.5 Å². The van der Waals surface area contributed by atoms with Gasteiger partial charge < -0.3 is 15.7 Å². The number of sulfonamides is 1. The molecule has 0 bridgehead atoms. The number of piperidine rings is 1. The number of halogens is 2. The molecule has 4 aromatic rings. The average molecular weight is 567 g/mol.